The summed E-state index contributed by atoms with van der Waals surface area (Å²) >= 11 is 0. The number of allylic oxidation sites excluding steroid dienone is 3. The van der Waals surface area contributed by atoms with Crippen LogP contribution in [0.5, 0.6) is 5.75 Å². The molecule has 0 aliphatic rings. The van der Waals surface area contributed by atoms with Crippen molar-refractivity contribution in [3.63, 3.8) is 0 Å². The Hall–Kier alpha value is -2.27. The van der Waals surface area contributed by atoms with Gasteiger partial charge in [-0.25, -0.2) is 0 Å². The molecule has 24 heavy (non-hydrogen) atoms. The molecular formula is C19H30N4O. The first-order chi connectivity index (χ1) is 11.5. The van der Waals surface area contributed by atoms with Crippen LogP contribution in [-0.4, -0.2) is 44.5 Å². The molecule has 0 amide bonds. The number of nitrogens with zero attached hydrogens (tertiary/aromatic N) is 3. The van der Waals surface area contributed by atoms with E-state index in [1.54, 1.807) is 12.2 Å². The first-order valence-corrected chi connectivity index (χ1v) is 7.99. The van der Waals surface area contributed by atoms with E-state index in [0.717, 1.165) is 5.75 Å². The molecule has 0 aliphatic heterocycles. The molecule has 1 aromatic rings. The molecule has 1 rings (SSSR count). The van der Waals surface area contributed by atoms with Gasteiger partial charge in [0.15, 0.2) is 0 Å². The summed E-state index contributed by atoms with van der Waals surface area (Å²) in [6.07, 6.45) is 8.66. The van der Waals surface area contributed by atoms with Crippen LogP contribution in [0.4, 0.5) is 0 Å². The van der Waals surface area contributed by atoms with E-state index < -0.39 is 0 Å². The minimum Gasteiger partial charge on any atom is -0.491 e. The predicted octanol–water partition coefficient (Wildman–Crippen LogP) is 4.50. The van der Waals surface area contributed by atoms with E-state index >= 15 is 0 Å². The molecule has 0 fully saturated rings. The van der Waals surface area contributed by atoms with Gasteiger partial charge in [0.2, 0.25) is 0 Å². The van der Waals surface area contributed by atoms with Gasteiger partial charge in [0.25, 0.3) is 0 Å². The van der Waals surface area contributed by atoms with E-state index in [4.69, 9.17) is 10.1 Å². The molecule has 0 atom stereocenters. The molecule has 5 heteroatoms. The van der Waals surface area contributed by atoms with Gasteiger partial charge in [0.05, 0.1) is 12.6 Å². The number of hydrogen-bond acceptors (Lipinski definition) is 5. The first-order valence-electron chi connectivity index (χ1n) is 7.99. The lowest BCUT2D eigenvalue weighted by atomic mass is 10.2. The van der Waals surface area contributed by atoms with Gasteiger partial charge in [-0.2, -0.15) is 10.2 Å². The summed E-state index contributed by atoms with van der Waals surface area (Å²) in [5.74, 6) is 0.958. The second-order valence-corrected chi connectivity index (χ2v) is 5.65. The van der Waals surface area contributed by atoms with E-state index in [-0.39, 0.29) is 6.10 Å². The van der Waals surface area contributed by atoms with E-state index in [2.05, 4.69) is 23.2 Å². The van der Waals surface area contributed by atoms with Gasteiger partial charge in [-0.3, -0.25) is 4.90 Å². The summed E-state index contributed by atoms with van der Waals surface area (Å²) in [4.78, 5) is 1.95. The molecule has 1 N–H and O–H groups in total. The van der Waals surface area contributed by atoms with Gasteiger partial charge < -0.3 is 10.1 Å². The lowest BCUT2D eigenvalue weighted by Crippen LogP contribution is -2.10. The number of rotatable bonds is 8. The third-order valence-corrected chi connectivity index (χ3v) is 2.45. The number of hydrogen-bond donors (Lipinski definition) is 1. The third kappa shape index (κ3) is 14.7. The highest BCUT2D eigenvalue weighted by molar-refractivity contribution is 5.68. The van der Waals surface area contributed by atoms with Crippen LogP contribution in [0, 0.1) is 12.3 Å². The minimum atomic E-state index is 0.261. The van der Waals surface area contributed by atoms with Gasteiger partial charge in [-0.05, 0) is 58.6 Å². The zero-order valence-electron chi connectivity index (χ0n) is 15.4. The van der Waals surface area contributed by atoms with Crippen molar-refractivity contribution in [3.05, 3.63) is 54.1 Å². The van der Waals surface area contributed by atoms with Crippen molar-refractivity contribution in [3.8, 4) is 5.75 Å². The van der Waals surface area contributed by atoms with Crippen molar-refractivity contribution in [1.29, 1.82) is 5.41 Å². The highest BCUT2D eigenvalue weighted by atomic mass is 16.5. The highest BCUT2D eigenvalue weighted by Gasteiger charge is 1.95. The molecule has 0 radical (unpaired) electrons. The standard InChI is InChI=1S/C10H14O.C9H16N4/c1-8(2)11-10-6-4-5-9(3)7-10;1-13(2)9-12-11-8-6-4-3-5-7-10/h4-8H,1-3H3;3-7,10H,8-9H2,1-2H3/b;5-3-,6-4+,10-7?,12-11?. The smallest absolute Gasteiger partial charge is 0.119 e. The van der Waals surface area contributed by atoms with Gasteiger partial charge in [-0.15, -0.1) is 0 Å². The predicted molar refractivity (Wildman–Crippen MR) is 102 cm³/mol. The normalized spacial score (nSPS) is 11.5. The van der Waals surface area contributed by atoms with Crippen LogP contribution in [-0.2, 0) is 0 Å². The molecule has 1 aromatic carbocycles. The minimum absolute atomic E-state index is 0.261. The molecule has 132 valence electrons. The first kappa shape index (κ1) is 21.7. The molecule has 0 aliphatic carbocycles. The van der Waals surface area contributed by atoms with Crippen molar-refractivity contribution in [2.24, 2.45) is 10.2 Å². The summed E-state index contributed by atoms with van der Waals surface area (Å²) in [7, 11) is 3.89. The zero-order valence-corrected chi connectivity index (χ0v) is 15.4. The Kier molecular flexibility index (Phi) is 13.0. The van der Waals surface area contributed by atoms with E-state index in [9.17, 15) is 0 Å². The van der Waals surface area contributed by atoms with E-state index in [1.807, 2.05) is 63.2 Å². The van der Waals surface area contributed by atoms with Crippen molar-refractivity contribution in [1.82, 2.24) is 4.90 Å². The second-order valence-electron chi connectivity index (χ2n) is 5.65. The Bertz CT molecular complexity index is 534. The summed E-state index contributed by atoms with van der Waals surface area (Å²) in [5.41, 5.74) is 1.24. The third-order valence-electron chi connectivity index (χ3n) is 2.45. The number of benzene rings is 1. The second kappa shape index (κ2) is 14.3. The fourth-order valence-electron chi connectivity index (χ4n) is 1.50. The summed E-state index contributed by atoms with van der Waals surface area (Å²) in [6, 6.07) is 8.09. The molecule has 0 saturated carbocycles. The monoisotopic (exact) mass is 330 g/mol. The molecular weight excluding hydrogens is 300 g/mol. The number of nitrogens with one attached hydrogen (secondary N) is 1. The Morgan fingerprint density at radius 1 is 1.17 bits per heavy atom. The lowest BCUT2D eigenvalue weighted by Gasteiger charge is -2.09. The zero-order chi connectivity index (χ0) is 18.2. The topological polar surface area (TPSA) is 61.0 Å². The van der Waals surface area contributed by atoms with Gasteiger partial charge >= 0.3 is 0 Å². The number of azo groups is 1. The quantitative estimate of drug-likeness (QED) is 0.433. The molecule has 0 unspecified atom stereocenters. The van der Waals surface area contributed by atoms with E-state index in [0.29, 0.717) is 13.2 Å². The maximum absolute atomic E-state index is 6.70. The average Bonchev–Trinajstić information content (AvgIpc) is 2.50. The maximum atomic E-state index is 6.70. The molecule has 0 spiro atoms. The Labute approximate surface area is 146 Å². The highest BCUT2D eigenvalue weighted by Crippen LogP contribution is 2.13. The van der Waals surface area contributed by atoms with Crippen LogP contribution in [0.1, 0.15) is 19.4 Å². The summed E-state index contributed by atoms with van der Waals surface area (Å²) < 4.78 is 5.50. The number of ether oxygens (including phenoxy) is 1. The van der Waals surface area contributed by atoms with Crippen LogP contribution < -0.4 is 4.74 Å². The fourth-order valence-corrected chi connectivity index (χ4v) is 1.50. The van der Waals surface area contributed by atoms with Gasteiger partial charge in [0, 0.05) is 6.21 Å². The van der Waals surface area contributed by atoms with Crippen LogP contribution in [0.25, 0.3) is 0 Å². The number of aryl methyl sites for hydroxylation is 1. The summed E-state index contributed by atoms with van der Waals surface area (Å²) in [5, 5.41) is 14.5. The Morgan fingerprint density at radius 2 is 1.92 bits per heavy atom. The van der Waals surface area contributed by atoms with Crippen LogP contribution in [0.3, 0.4) is 0 Å². The Balaban J connectivity index is 0.000000446. The van der Waals surface area contributed by atoms with Gasteiger partial charge in [0.1, 0.15) is 12.4 Å². The van der Waals surface area contributed by atoms with Crippen LogP contribution >= 0.6 is 0 Å². The van der Waals surface area contributed by atoms with E-state index in [1.165, 1.54) is 11.8 Å². The van der Waals surface area contributed by atoms with Crippen LogP contribution in [0.2, 0.25) is 0 Å². The van der Waals surface area contributed by atoms with Crippen molar-refractivity contribution >= 4 is 6.21 Å². The fraction of sp³-hybridized carbons (Fsp3) is 0.421. The van der Waals surface area contributed by atoms with Gasteiger partial charge in [-0.1, -0.05) is 30.4 Å². The molecule has 0 heterocycles. The van der Waals surface area contributed by atoms with Crippen molar-refractivity contribution in [2.45, 2.75) is 26.9 Å². The molecule has 0 aromatic heterocycles. The van der Waals surface area contributed by atoms with Crippen LogP contribution in [0.15, 0.2) is 58.8 Å². The largest absolute Gasteiger partial charge is 0.491 e. The summed E-state index contributed by atoms with van der Waals surface area (Å²) in [6.45, 7) is 7.35. The van der Waals surface area contributed by atoms with Crippen molar-refractivity contribution < 1.29 is 4.74 Å². The average molecular weight is 330 g/mol. The molecule has 5 nitrogen and oxygen atoms in total. The Morgan fingerprint density at radius 3 is 2.50 bits per heavy atom. The maximum Gasteiger partial charge on any atom is 0.119 e. The SMILES string of the molecule is CN(C)CN=NC/C=C/C=C\C=N.Cc1cccc(OC(C)C)c1. The lowest BCUT2D eigenvalue weighted by molar-refractivity contribution is 0.242. The van der Waals surface area contributed by atoms with Crippen molar-refractivity contribution in [2.75, 3.05) is 27.3 Å². The molecule has 0 bridgehead atoms. The molecule has 0 saturated heterocycles.